The molecule has 2 fully saturated rings. The number of halogens is 4. The Kier molecular flexibility index (Phi) is 3.76. The molecule has 0 radical (unpaired) electrons. The van der Waals surface area contributed by atoms with Gasteiger partial charge >= 0.3 is 6.18 Å². The van der Waals surface area contributed by atoms with Gasteiger partial charge in [0.1, 0.15) is 11.2 Å². The molecule has 1 saturated heterocycles. The van der Waals surface area contributed by atoms with E-state index < -0.39 is 23.2 Å². The molecule has 2 aromatic rings. The molecule has 0 bridgehead atoms. The molecule has 0 aromatic carbocycles. The van der Waals surface area contributed by atoms with Gasteiger partial charge in [0, 0.05) is 19.7 Å². The first-order valence-corrected chi connectivity index (χ1v) is 8.46. The fraction of sp³-hybridized carbons (Fsp3) is 0.500. The first-order valence-electron chi connectivity index (χ1n) is 8.09. The van der Waals surface area contributed by atoms with Crippen molar-refractivity contribution in [2.75, 3.05) is 6.54 Å². The summed E-state index contributed by atoms with van der Waals surface area (Å²) in [6, 6.07) is 0.722. The van der Waals surface area contributed by atoms with Crippen molar-refractivity contribution >= 4 is 17.5 Å². The molecule has 0 unspecified atom stereocenters. The Labute approximate surface area is 151 Å². The standard InChI is InChI=1S/C16H14ClF3N4O2/c1-8-22-23-14(26-8)15-4-2-9(15)3-5-24(15)13(25)12-11(17)6-10(7-21-12)16(18,19)20/h6-7,9H,2-5H2,1H3/t9-,15-/m0/s1. The van der Waals surface area contributed by atoms with Crippen LogP contribution in [0, 0.1) is 12.8 Å². The summed E-state index contributed by atoms with van der Waals surface area (Å²) < 4.78 is 43.9. The maximum atomic E-state index is 13.0. The van der Waals surface area contributed by atoms with E-state index in [1.165, 1.54) is 0 Å². The molecule has 1 amide bonds. The highest BCUT2D eigenvalue weighted by Gasteiger charge is 2.61. The summed E-state index contributed by atoms with van der Waals surface area (Å²) in [4.78, 5) is 18.3. The van der Waals surface area contributed by atoms with Crippen molar-refractivity contribution < 1.29 is 22.4 Å². The molecule has 2 aliphatic rings. The van der Waals surface area contributed by atoms with Gasteiger partial charge < -0.3 is 9.32 Å². The summed E-state index contributed by atoms with van der Waals surface area (Å²) in [5.74, 6) is 0.409. The lowest BCUT2D eigenvalue weighted by molar-refractivity contribution is -0.137. The van der Waals surface area contributed by atoms with Gasteiger partial charge in [-0.25, -0.2) is 4.98 Å². The largest absolute Gasteiger partial charge is 0.423 e. The molecular formula is C16H14ClF3N4O2. The highest BCUT2D eigenvalue weighted by molar-refractivity contribution is 6.33. The summed E-state index contributed by atoms with van der Waals surface area (Å²) in [5.41, 5.74) is -1.92. The van der Waals surface area contributed by atoms with Crippen LogP contribution in [-0.2, 0) is 11.7 Å². The van der Waals surface area contributed by atoms with E-state index in [-0.39, 0.29) is 16.6 Å². The smallest absolute Gasteiger partial charge is 0.417 e. The fourth-order valence-corrected chi connectivity index (χ4v) is 4.12. The van der Waals surface area contributed by atoms with Gasteiger partial charge in [0.15, 0.2) is 0 Å². The zero-order valence-electron chi connectivity index (χ0n) is 13.7. The number of fused-ring (bicyclic) bond motifs is 1. The summed E-state index contributed by atoms with van der Waals surface area (Å²) >= 11 is 5.94. The lowest BCUT2D eigenvalue weighted by Crippen LogP contribution is -2.54. The molecule has 138 valence electrons. The van der Waals surface area contributed by atoms with Crippen LogP contribution < -0.4 is 0 Å². The van der Waals surface area contributed by atoms with Gasteiger partial charge in [0.2, 0.25) is 11.8 Å². The number of nitrogens with zero attached hydrogens (tertiary/aromatic N) is 4. The lowest BCUT2D eigenvalue weighted by atomic mass is 9.67. The Hall–Kier alpha value is -2.16. The third-order valence-corrected chi connectivity index (χ3v) is 5.53. The second-order valence-electron chi connectivity index (χ2n) is 6.58. The second kappa shape index (κ2) is 5.67. The van der Waals surface area contributed by atoms with Crippen LogP contribution in [0.5, 0.6) is 0 Å². The molecule has 2 atom stereocenters. The van der Waals surface area contributed by atoms with E-state index in [1.807, 2.05) is 0 Å². The number of pyridine rings is 1. The molecule has 26 heavy (non-hydrogen) atoms. The van der Waals surface area contributed by atoms with Gasteiger partial charge in [-0.15, -0.1) is 10.2 Å². The van der Waals surface area contributed by atoms with E-state index in [9.17, 15) is 18.0 Å². The predicted octanol–water partition coefficient (Wildman–Crippen LogP) is 3.60. The van der Waals surface area contributed by atoms with E-state index in [4.69, 9.17) is 16.0 Å². The number of rotatable bonds is 2. The average molecular weight is 387 g/mol. The van der Waals surface area contributed by atoms with Crippen LogP contribution >= 0.6 is 11.6 Å². The molecule has 1 saturated carbocycles. The normalized spacial score (nSPS) is 25.1. The molecular weight excluding hydrogens is 373 g/mol. The van der Waals surface area contributed by atoms with Crippen molar-refractivity contribution in [3.63, 3.8) is 0 Å². The molecule has 0 N–H and O–H groups in total. The quantitative estimate of drug-likeness (QED) is 0.788. The Balaban J connectivity index is 1.70. The van der Waals surface area contributed by atoms with E-state index in [0.29, 0.717) is 30.9 Å². The SMILES string of the molecule is Cc1nnc([C@]23CC[C@H]2CCN3C(=O)c2ncc(C(F)(F)F)cc2Cl)o1. The van der Waals surface area contributed by atoms with Crippen molar-refractivity contribution in [3.8, 4) is 0 Å². The fourth-order valence-electron chi connectivity index (χ4n) is 3.87. The maximum absolute atomic E-state index is 13.0. The molecule has 6 nitrogen and oxygen atoms in total. The minimum Gasteiger partial charge on any atom is -0.423 e. The molecule has 1 aliphatic heterocycles. The first-order chi connectivity index (χ1) is 12.2. The molecule has 10 heteroatoms. The van der Waals surface area contributed by atoms with Gasteiger partial charge in [-0.2, -0.15) is 13.2 Å². The number of carbonyl (C=O) groups is 1. The van der Waals surface area contributed by atoms with Crippen LogP contribution in [0.15, 0.2) is 16.7 Å². The number of carbonyl (C=O) groups excluding carboxylic acids is 1. The van der Waals surface area contributed by atoms with Crippen molar-refractivity contribution in [3.05, 3.63) is 40.3 Å². The van der Waals surface area contributed by atoms with E-state index >= 15 is 0 Å². The van der Waals surface area contributed by atoms with E-state index in [0.717, 1.165) is 18.9 Å². The van der Waals surface area contributed by atoms with Crippen molar-refractivity contribution in [1.82, 2.24) is 20.1 Å². The van der Waals surface area contributed by atoms with Gasteiger partial charge in [-0.3, -0.25) is 4.79 Å². The van der Waals surface area contributed by atoms with Gasteiger partial charge in [-0.05, 0) is 31.2 Å². The van der Waals surface area contributed by atoms with Crippen LogP contribution in [0.3, 0.4) is 0 Å². The van der Waals surface area contributed by atoms with Gasteiger partial charge in [0.05, 0.1) is 10.6 Å². The van der Waals surface area contributed by atoms with Crippen LogP contribution in [-0.4, -0.2) is 32.5 Å². The monoisotopic (exact) mass is 386 g/mol. The average Bonchev–Trinajstić information content (AvgIpc) is 3.07. The first kappa shape index (κ1) is 17.3. The number of alkyl halides is 3. The summed E-state index contributed by atoms with van der Waals surface area (Å²) in [6.07, 6.45) is -1.63. The minimum absolute atomic E-state index is 0.180. The van der Waals surface area contributed by atoms with Gasteiger partial charge in [0.25, 0.3) is 5.91 Å². The van der Waals surface area contributed by atoms with Crippen molar-refractivity contribution in [1.29, 1.82) is 0 Å². The van der Waals surface area contributed by atoms with Crippen LogP contribution in [0.25, 0.3) is 0 Å². The topological polar surface area (TPSA) is 72.1 Å². The number of amides is 1. The maximum Gasteiger partial charge on any atom is 0.417 e. The van der Waals surface area contributed by atoms with E-state index in [1.54, 1.807) is 11.8 Å². The Morgan fingerprint density at radius 2 is 2.15 bits per heavy atom. The highest BCUT2D eigenvalue weighted by atomic mass is 35.5. The molecule has 1 aliphatic carbocycles. The number of aryl methyl sites for hydroxylation is 1. The predicted molar refractivity (Wildman–Crippen MR) is 83.3 cm³/mol. The Morgan fingerprint density at radius 3 is 2.69 bits per heavy atom. The Morgan fingerprint density at radius 1 is 1.38 bits per heavy atom. The van der Waals surface area contributed by atoms with Crippen molar-refractivity contribution in [2.45, 2.75) is 37.9 Å². The molecule has 3 heterocycles. The third-order valence-electron chi connectivity index (χ3n) is 5.24. The van der Waals surface area contributed by atoms with E-state index in [2.05, 4.69) is 15.2 Å². The van der Waals surface area contributed by atoms with Crippen LogP contribution in [0.1, 0.15) is 47.1 Å². The van der Waals surface area contributed by atoms with Crippen molar-refractivity contribution in [2.24, 2.45) is 5.92 Å². The molecule has 4 rings (SSSR count). The highest BCUT2D eigenvalue weighted by Crippen LogP contribution is 2.56. The number of hydrogen-bond acceptors (Lipinski definition) is 5. The third kappa shape index (κ3) is 2.40. The number of hydrogen-bond donors (Lipinski definition) is 0. The van der Waals surface area contributed by atoms with Crippen LogP contribution in [0.2, 0.25) is 5.02 Å². The zero-order chi connectivity index (χ0) is 18.7. The Bertz CT molecular complexity index is 885. The number of aromatic nitrogens is 3. The molecule has 0 spiro atoms. The lowest BCUT2D eigenvalue weighted by Gasteiger charge is -2.46. The van der Waals surface area contributed by atoms with Gasteiger partial charge in [-0.1, -0.05) is 11.6 Å². The second-order valence-corrected chi connectivity index (χ2v) is 6.99. The summed E-state index contributed by atoms with van der Waals surface area (Å²) in [5, 5.41) is 7.60. The minimum atomic E-state index is -4.58. The summed E-state index contributed by atoms with van der Waals surface area (Å²) in [6.45, 7) is 2.10. The van der Waals surface area contributed by atoms with Crippen LogP contribution in [0.4, 0.5) is 13.2 Å². The summed E-state index contributed by atoms with van der Waals surface area (Å²) in [7, 11) is 0. The number of likely N-dealkylation sites (tertiary alicyclic amines) is 1. The molecule has 2 aromatic heterocycles. The zero-order valence-corrected chi connectivity index (χ0v) is 14.4.